The van der Waals surface area contributed by atoms with E-state index in [1.165, 1.54) is 5.75 Å². The third kappa shape index (κ3) is 8.35. The Balaban J connectivity index is 3.28. The van der Waals surface area contributed by atoms with Crippen LogP contribution in [-0.4, -0.2) is 10.5 Å². The van der Waals surface area contributed by atoms with E-state index in [9.17, 15) is 0 Å². The van der Waals surface area contributed by atoms with Crippen molar-refractivity contribution in [3.05, 3.63) is 0 Å². The molecule has 0 nitrogen and oxygen atoms in total. The van der Waals surface area contributed by atoms with Crippen molar-refractivity contribution < 1.29 is 0 Å². The lowest BCUT2D eigenvalue weighted by Gasteiger charge is -2.18. The van der Waals surface area contributed by atoms with Crippen LogP contribution >= 0.6 is 11.8 Å². The highest BCUT2D eigenvalue weighted by atomic mass is 32.2. The van der Waals surface area contributed by atoms with Gasteiger partial charge in [-0.15, -0.1) is 0 Å². The van der Waals surface area contributed by atoms with Crippen LogP contribution in [0.4, 0.5) is 0 Å². The molecule has 9 heavy (non-hydrogen) atoms. The summed E-state index contributed by atoms with van der Waals surface area (Å²) in [6, 6.07) is 0. The lowest BCUT2D eigenvalue weighted by molar-refractivity contribution is 0.732. The summed E-state index contributed by atoms with van der Waals surface area (Å²) in [4.78, 5) is 0. The van der Waals surface area contributed by atoms with E-state index in [4.69, 9.17) is 0 Å². The number of hydrogen-bond acceptors (Lipinski definition) is 1. The van der Waals surface area contributed by atoms with Crippen molar-refractivity contribution in [2.24, 2.45) is 5.92 Å². The highest BCUT2D eigenvalue weighted by Crippen LogP contribution is 2.24. The fourth-order valence-corrected chi connectivity index (χ4v) is 1.25. The third-order valence-corrected chi connectivity index (χ3v) is 2.55. The van der Waals surface area contributed by atoms with E-state index in [0.29, 0.717) is 4.75 Å². The van der Waals surface area contributed by atoms with Gasteiger partial charge in [0.05, 0.1) is 0 Å². The van der Waals surface area contributed by atoms with Gasteiger partial charge >= 0.3 is 0 Å². The van der Waals surface area contributed by atoms with Crippen LogP contribution in [0.2, 0.25) is 0 Å². The molecule has 0 aromatic carbocycles. The molecular formula is C8H18S. The maximum Gasteiger partial charge on any atom is 0.00751 e. The zero-order chi connectivity index (χ0) is 7.49. The molecule has 0 rings (SSSR count). The first-order chi connectivity index (χ1) is 3.92. The highest BCUT2D eigenvalue weighted by Gasteiger charge is 2.10. The molecule has 0 spiro atoms. The van der Waals surface area contributed by atoms with E-state index in [1.807, 2.05) is 11.8 Å². The van der Waals surface area contributed by atoms with E-state index < -0.39 is 0 Å². The van der Waals surface area contributed by atoms with Crippen molar-refractivity contribution in [1.29, 1.82) is 0 Å². The molecule has 1 heteroatoms. The standard InChI is InChI=1S/C8H18S/c1-7(2)6-9-8(3,4)5/h7H,6H2,1-5H3. The summed E-state index contributed by atoms with van der Waals surface area (Å²) in [5, 5.41) is 0. The first-order valence-corrected chi connectivity index (χ1v) is 4.54. The highest BCUT2D eigenvalue weighted by molar-refractivity contribution is 8.00. The molecule has 0 saturated heterocycles. The molecule has 0 aromatic rings. The Morgan fingerprint density at radius 3 is 1.78 bits per heavy atom. The molecule has 0 unspecified atom stereocenters. The molecule has 0 N–H and O–H groups in total. The predicted molar refractivity (Wildman–Crippen MR) is 47.0 cm³/mol. The average molecular weight is 146 g/mol. The van der Waals surface area contributed by atoms with Crippen LogP contribution in [0, 0.1) is 5.92 Å². The quantitative estimate of drug-likeness (QED) is 0.576. The van der Waals surface area contributed by atoms with Gasteiger partial charge in [0.15, 0.2) is 0 Å². The molecule has 56 valence electrons. The number of thioether (sulfide) groups is 1. The van der Waals surface area contributed by atoms with Crippen molar-refractivity contribution in [3.63, 3.8) is 0 Å². The van der Waals surface area contributed by atoms with Crippen LogP contribution in [0.25, 0.3) is 0 Å². The second-order valence-electron chi connectivity index (χ2n) is 3.82. The fourth-order valence-electron chi connectivity index (χ4n) is 0.417. The maximum absolute atomic E-state index is 2.26. The Morgan fingerprint density at radius 1 is 1.22 bits per heavy atom. The van der Waals surface area contributed by atoms with Gasteiger partial charge in [0.25, 0.3) is 0 Å². The van der Waals surface area contributed by atoms with Crippen molar-refractivity contribution >= 4 is 11.8 Å². The van der Waals surface area contributed by atoms with Crippen LogP contribution < -0.4 is 0 Å². The van der Waals surface area contributed by atoms with Crippen LogP contribution in [0.3, 0.4) is 0 Å². The Kier molecular flexibility index (Phi) is 3.64. The van der Waals surface area contributed by atoms with Gasteiger partial charge in [-0.05, 0) is 11.7 Å². The van der Waals surface area contributed by atoms with Gasteiger partial charge in [-0.1, -0.05) is 34.6 Å². The van der Waals surface area contributed by atoms with Gasteiger partial charge in [-0.2, -0.15) is 11.8 Å². The minimum Gasteiger partial charge on any atom is -0.156 e. The Labute approximate surface area is 63.4 Å². The molecule has 0 fully saturated rings. The molecule has 0 amide bonds. The molecule has 0 aromatic heterocycles. The average Bonchev–Trinajstić information content (AvgIpc) is 1.59. The van der Waals surface area contributed by atoms with Crippen LogP contribution in [-0.2, 0) is 0 Å². The largest absolute Gasteiger partial charge is 0.156 e. The van der Waals surface area contributed by atoms with Crippen molar-refractivity contribution in [2.45, 2.75) is 39.4 Å². The number of rotatable bonds is 2. The summed E-state index contributed by atoms with van der Waals surface area (Å²) in [5.74, 6) is 2.11. The smallest absolute Gasteiger partial charge is 0.00751 e. The topological polar surface area (TPSA) is 0 Å². The van der Waals surface area contributed by atoms with Gasteiger partial charge in [-0.25, -0.2) is 0 Å². The summed E-state index contributed by atoms with van der Waals surface area (Å²) in [6.45, 7) is 11.3. The van der Waals surface area contributed by atoms with Gasteiger partial charge in [-0.3, -0.25) is 0 Å². The molecule has 0 atom stereocenters. The predicted octanol–water partition coefficient (Wildman–Crippen LogP) is 3.17. The summed E-state index contributed by atoms with van der Waals surface area (Å²) in [7, 11) is 0. The van der Waals surface area contributed by atoms with Crippen LogP contribution in [0.1, 0.15) is 34.6 Å². The van der Waals surface area contributed by atoms with E-state index in [0.717, 1.165) is 5.92 Å². The van der Waals surface area contributed by atoms with E-state index in [2.05, 4.69) is 34.6 Å². The Bertz CT molecular complexity index is 69.1. The zero-order valence-electron chi connectivity index (χ0n) is 7.19. The summed E-state index contributed by atoms with van der Waals surface area (Å²) in [6.07, 6.45) is 0. The molecule has 0 radical (unpaired) electrons. The SMILES string of the molecule is CC(C)CSC(C)(C)C. The first kappa shape index (κ1) is 9.35. The van der Waals surface area contributed by atoms with Gasteiger partial charge < -0.3 is 0 Å². The summed E-state index contributed by atoms with van der Waals surface area (Å²) >= 11 is 2.04. The molecule has 0 heterocycles. The maximum atomic E-state index is 2.26. The monoisotopic (exact) mass is 146 g/mol. The second-order valence-corrected chi connectivity index (χ2v) is 5.66. The van der Waals surface area contributed by atoms with E-state index in [-0.39, 0.29) is 0 Å². The minimum atomic E-state index is 0.449. The van der Waals surface area contributed by atoms with E-state index in [1.54, 1.807) is 0 Å². The fraction of sp³-hybridized carbons (Fsp3) is 1.00. The van der Waals surface area contributed by atoms with Crippen molar-refractivity contribution in [3.8, 4) is 0 Å². The van der Waals surface area contributed by atoms with Gasteiger partial charge in [0.2, 0.25) is 0 Å². The first-order valence-electron chi connectivity index (χ1n) is 3.56. The van der Waals surface area contributed by atoms with Gasteiger partial charge in [0, 0.05) is 4.75 Å². The molecule has 0 aliphatic rings. The zero-order valence-corrected chi connectivity index (χ0v) is 8.01. The van der Waals surface area contributed by atoms with Crippen molar-refractivity contribution in [2.75, 3.05) is 5.75 Å². The minimum absolute atomic E-state index is 0.449. The third-order valence-electron chi connectivity index (χ3n) is 0.850. The summed E-state index contributed by atoms with van der Waals surface area (Å²) in [5.41, 5.74) is 0. The van der Waals surface area contributed by atoms with Crippen LogP contribution in [0.5, 0.6) is 0 Å². The molecule has 0 aliphatic heterocycles. The van der Waals surface area contributed by atoms with E-state index >= 15 is 0 Å². The molecule has 0 aliphatic carbocycles. The molecule has 0 saturated carbocycles. The Hall–Kier alpha value is 0.350. The van der Waals surface area contributed by atoms with Crippen LogP contribution in [0.15, 0.2) is 0 Å². The molecule has 0 bridgehead atoms. The van der Waals surface area contributed by atoms with Gasteiger partial charge in [0.1, 0.15) is 0 Å². The number of hydrogen-bond donors (Lipinski definition) is 0. The summed E-state index contributed by atoms with van der Waals surface area (Å²) < 4.78 is 0.449. The lowest BCUT2D eigenvalue weighted by atomic mass is 10.2. The lowest BCUT2D eigenvalue weighted by Crippen LogP contribution is -2.10. The molecular weight excluding hydrogens is 128 g/mol. The second kappa shape index (κ2) is 3.50. The normalized spacial score (nSPS) is 12.7. The van der Waals surface area contributed by atoms with Crippen molar-refractivity contribution in [1.82, 2.24) is 0 Å². The Morgan fingerprint density at radius 2 is 1.67 bits per heavy atom.